The molecule has 21 heavy (non-hydrogen) atoms. The Hall–Kier alpha value is -1.65. The Morgan fingerprint density at radius 2 is 1.95 bits per heavy atom. The Morgan fingerprint density at radius 1 is 1.19 bits per heavy atom. The first-order valence-corrected chi connectivity index (χ1v) is 8.03. The smallest absolute Gasteiger partial charge is 0.316 e. The molecule has 0 aromatic carbocycles. The molecule has 2 heterocycles. The predicted octanol–water partition coefficient (Wildman–Crippen LogP) is 2.43. The van der Waals surface area contributed by atoms with E-state index in [9.17, 15) is 4.79 Å². The van der Waals surface area contributed by atoms with E-state index in [1.165, 1.54) is 25.7 Å². The lowest BCUT2D eigenvalue weighted by Gasteiger charge is -2.33. The van der Waals surface area contributed by atoms with Crippen molar-refractivity contribution < 1.29 is 9.53 Å². The molecule has 2 aliphatic rings. The number of hydrogen-bond donors (Lipinski definition) is 0. The van der Waals surface area contributed by atoms with Gasteiger partial charge < -0.3 is 9.64 Å². The highest BCUT2D eigenvalue weighted by molar-refractivity contribution is 5.76. The standard InChI is InChI=1S/C16H23N3O2/c20-15(11-13-5-1-2-6-13)19-10-3-7-14(12-19)21-16-17-8-4-9-18-16/h4,8-9,13-14H,1-3,5-7,10-12H2/t14-/m1/s1. The van der Waals surface area contributed by atoms with E-state index in [0.717, 1.165) is 19.4 Å². The summed E-state index contributed by atoms with van der Waals surface area (Å²) in [7, 11) is 0. The summed E-state index contributed by atoms with van der Waals surface area (Å²) in [6.07, 6.45) is 11.1. The maximum atomic E-state index is 12.4. The van der Waals surface area contributed by atoms with Crippen molar-refractivity contribution in [1.29, 1.82) is 0 Å². The molecule has 1 saturated carbocycles. The summed E-state index contributed by atoms with van der Waals surface area (Å²) in [5, 5.41) is 0. The van der Waals surface area contributed by atoms with Crippen LogP contribution < -0.4 is 4.74 Å². The number of nitrogens with zero attached hydrogens (tertiary/aromatic N) is 3. The number of hydrogen-bond acceptors (Lipinski definition) is 4. The van der Waals surface area contributed by atoms with E-state index < -0.39 is 0 Å². The molecule has 1 atom stereocenters. The van der Waals surface area contributed by atoms with Crippen molar-refractivity contribution in [3.8, 4) is 6.01 Å². The lowest BCUT2D eigenvalue weighted by molar-refractivity contribution is -0.134. The Kier molecular flexibility index (Phi) is 4.68. The SMILES string of the molecule is O=C(CC1CCCC1)N1CCC[C@@H](Oc2ncccn2)C1. The van der Waals surface area contributed by atoms with E-state index >= 15 is 0 Å². The molecule has 0 N–H and O–H groups in total. The molecule has 114 valence electrons. The van der Waals surface area contributed by atoms with E-state index in [0.29, 0.717) is 30.8 Å². The van der Waals surface area contributed by atoms with Crippen molar-refractivity contribution in [2.24, 2.45) is 5.92 Å². The van der Waals surface area contributed by atoms with Gasteiger partial charge in [0.15, 0.2) is 0 Å². The monoisotopic (exact) mass is 289 g/mol. The molecule has 2 fully saturated rings. The third kappa shape index (κ3) is 3.93. The van der Waals surface area contributed by atoms with Crippen LogP contribution in [0.25, 0.3) is 0 Å². The molecule has 5 nitrogen and oxygen atoms in total. The lowest BCUT2D eigenvalue weighted by atomic mass is 10.0. The zero-order valence-corrected chi connectivity index (χ0v) is 12.4. The van der Waals surface area contributed by atoms with Crippen LogP contribution in [0, 0.1) is 5.92 Å². The molecule has 1 amide bonds. The normalized spacial score (nSPS) is 23.2. The van der Waals surface area contributed by atoms with E-state index in [1.807, 2.05) is 4.90 Å². The number of carbonyl (C=O) groups is 1. The number of rotatable bonds is 4. The fourth-order valence-corrected chi connectivity index (χ4v) is 3.35. The minimum atomic E-state index is 0.0219. The van der Waals surface area contributed by atoms with Crippen LogP contribution in [0.5, 0.6) is 6.01 Å². The molecule has 0 bridgehead atoms. The number of likely N-dealkylation sites (tertiary alicyclic amines) is 1. The van der Waals surface area contributed by atoms with Gasteiger partial charge in [0.1, 0.15) is 6.10 Å². The quantitative estimate of drug-likeness (QED) is 0.854. The van der Waals surface area contributed by atoms with Gasteiger partial charge in [-0.15, -0.1) is 0 Å². The van der Waals surface area contributed by atoms with Gasteiger partial charge in [0.25, 0.3) is 0 Å². The molecule has 0 radical (unpaired) electrons. The van der Waals surface area contributed by atoms with Crippen LogP contribution in [-0.2, 0) is 4.79 Å². The highest BCUT2D eigenvalue weighted by atomic mass is 16.5. The summed E-state index contributed by atoms with van der Waals surface area (Å²) in [6, 6.07) is 2.18. The third-order valence-corrected chi connectivity index (χ3v) is 4.48. The van der Waals surface area contributed by atoms with Gasteiger partial charge in [-0.05, 0) is 37.7 Å². The number of amides is 1. The highest BCUT2D eigenvalue weighted by Gasteiger charge is 2.27. The van der Waals surface area contributed by atoms with Crippen LogP contribution in [0.1, 0.15) is 44.9 Å². The first-order chi connectivity index (χ1) is 10.3. The zero-order valence-electron chi connectivity index (χ0n) is 12.4. The largest absolute Gasteiger partial charge is 0.458 e. The third-order valence-electron chi connectivity index (χ3n) is 4.48. The average molecular weight is 289 g/mol. The minimum absolute atomic E-state index is 0.0219. The molecule has 5 heteroatoms. The van der Waals surface area contributed by atoms with Crippen molar-refractivity contribution in [2.45, 2.75) is 51.0 Å². The van der Waals surface area contributed by atoms with Gasteiger partial charge in [0.2, 0.25) is 5.91 Å². The van der Waals surface area contributed by atoms with E-state index in [4.69, 9.17) is 4.74 Å². The topological polar surface area (TPSA) is 55.3 Å². The molecule has 0 spiro atoms. The molecular weight excluding hydrogens is 266 g/mol. The van der Waals surface area contributed by atoms with Crippen molar-refractivity contribution >= 4 is 5.91 Å². The molecule has 1 aliphatic heterocycles. The molecule has 1 aromatic heterocycles. The minimum Gasteiger partial charge on any atom is -0.458 e. The first kappa shape index (κ1) is 14.3. The Labute approximate surface area is 125 Å². The number of piperidine rings is 1. The van der Waals surface area contributed by atoms with Gasteiger partial charge in [-0.25, -0.2) is 9.97 Å². The van der Waals surface area contributed by atoms with Crippen molar-refractivity contribution in [3.05, 3.63) is 18.5 Å². The summed E-state index contributed by atoms with van der Waals surface area (Å²) >= 11 is 0. The lowest BCUT2D eigenvalue weighted by Crippen LogP contribution is -2.44. The van der Waals surface area contributed by atoms with Crippen LogP contribution in [-0.4, -0.2) is 40.0 Å². The number of ether oxygens (including phenoxy) is 1. The van der Waals surface area contributed by atoms with E-state index in [-0.39, 0.29) is 6.10 Å². The maximum Gasteiger partial charge on any atom is 0.316 e. The molecule has 3 rings (SSSR count). The second-order valence-corrected chi connectivity index (χ2v) is 6.11. The van der Waals surface area contributed by atoms with Gasteiger partial charge >= 0.3 is 6.01 Å². The summed E-state index contributed by atoms with van der Waals surface area (Å²) in [6.45, 7) is 1.53. The molecule has 1 aromatic rings. The van der Waals surface area contributed by atoms with Crippen molar-refractivity contribution in [2.75, 3.05) is 13.1 Å². The Balaban J connectivity index is 1.51. The maximum absolute atomic E-state index is 12.4. The van der Waals surface area contributed by atoms with Gasteiger partial charge in [-0.2, -0.15) is 0 Å². The summed E-state index contributed by atoms with van der Waals surface area (Å²) in [5.41, 5.74) is 0. The summed E-state index contributed by atoms with van der Waals surface area (Å²) in [5.74, 6) is 0.903. The second-order valence-electron chi connectivity index (χ2n) is 6.11. The molecule has 1 aliphatic carbocycles. The predicted molar refractivity (Wildman–Crippen MR) is 78.8 cm³/mol. The molecular formula is C16H23N3O2. The molecule has 0 unspecified atom stereocenters. The van der Waals surface area contributed by atoms with Gasteiger partial charge in [-0.3, -0.25) is 4.79 Å². The van der Waals surface area contributed by atoms with Gasteiger partial charge in [-0.1, -0.05) is 12.8 Å². The van der Waals surface area contributed by atoms with Crippen molar-refractivity contribution in [3.63, 3.8) is 0 Å². The number of aromatic nitrogens is 2. The zero-order chi connectivity index (χ0) is 14.5. The summed E-state index contributed by atoms with van der Waals surface area (Å²) < 4.78 is 5.79. The van der Waals surface area contributed by atoms with E-state index in [1.54, 1.807) is 18.5 Å². The molecule has 1 saturated heterocycles. The van der Waals surface area contributed by atoms with Gasteiger partial charge in [0.05, 0.1) is 6.54 Å². The summed E-state index contributed by atoms with van der Waals surface area (Å²) in [4.78, 5) is 22.5. The first-order valence-electron chi connectivity index (χ1n) is 8.03. The highest BCUT2D eigenvalue weighted by Crippen LogP contribution is 2.28. The van der Waals surface area contributed by atoms with E-state index in [2.05, 4.69) is 9.97 Å². The van der Waals surface area contributed by atoms with Crippen molar-refractivity contribution in [1.82, 2.24) is 14.9 Å². The van der Waals surface area contributed by atoms with Crippen LogP contribution in [0.15, 0.2) is 18.5 Å². The Morgan fingerprint density at radius 3 is 2.71 bits per heavy atom. The van der Waals surface area contributed by atoms with Crippen LogP contribution in [0.2, 0.25) is 0 Å². The van der Waals surface area contributed by atoms with Crippen LogP contribution in [0.3, 0.4) is 0 Å². The number of carbonyl (C=O) groups excluding carboxylic acids is 1. The van der Waals surface area contributed by atoms with Crippen LogP contribution in [0.4, 0.5) is 0 Å². The fourth-order valence-electron chi connectivity index (χ4n) is 3.35. The Bertz CT molecular complexity index is 460. The average Bonchev–Trinajstić information content (AvgIpc) is 3.01. The second kappa shape index (κ2) is 6.87. The van der Waals surface area contributed by atoms with Crippen LogP contribution >= 0.6 is 0 Å². The fraction of sp³-hybridized carbons (Fsp3) is 0.688. The van der Waals surface area contributed by atoms with Gasteiger partial charge in [0, 0.05) is 25.4 Å².